The summed E-state index contributed by atoms with van der Waals surface area (Å²) >= 11 is 0. The van der Waals surface area contributed by atoms with Crippen molar-refractivity contribution in [2.45, 2.75) is 51.4 Å². The van der Waals surface area contributed by atoms with E-state index in [9.17, 15) is 0 Å². The minimum Gasteiger partial charge on any atom is -0.0654 e. The smallest absolute Gasteiger partial charge is 0.0162 e. The molecule has 0 unspecified atom stereocenters. The summed E-state index contributed by atoms with van der Waals surface area (Å²) in [4.78, 5) is 0. The van der Waals surface area contributed by atoms with E-state index in [1.807, 2.05) is 6.07 Å². The van der Waals surface area contributed by atoms with Crippen LogP contribution in [0, 0.1) is 12.0 Å². The Morgan fingerprint density at radius 3 is 2.67 bits per heavy atom. The summed E-state index contributed by atoms with van der Waals surface area (Å²) in [6.45, 7) is 2.30. The lowest BCUT2D eigenvalue weighted by Gasteiger charge is -2.28. The Balaban J connectivity index is 1.88. The van der Waals surface area contributed by atoms with Gasteiger partial charge >= 0.3 is 0 Å². The summed E-state index contributed by atoms with van der Waals surface area (Å²) in [5, 5.41) is 0. The van der Waals surface area contributed by atoms with Crippen molar-refractivity contribution < 1.29 is 0 Å². The molecule has 0 heterocycles. The van der Waals surface area contributed by atoms with Crippen LogP contribution in [0.3, 0.4) is 0 Å². The summed E-state index contributed by atoms with van der Waals surface area (Å²) in [7, 11) is 0. The van der Waals surface area contributed by atoms with Gasteiger partial charge in [0.25, 0.3) is 0 Å². The molecule has 0 heteroatoms. The monoisotopic (exact) mass is 201 g/mol. The molecule has 1 aromatic carbocycles. The average Bonchev–Trinajstić information content (AvgIpc) is 2.32. The zero-order valence-electron chi connectivity index (χ0n) is 9.71. The van der Waals surface area contributed by atoms with Crippen molar-refractivity contribution in [3.8, 4) is 0 Å². The molecule has 15 heavy (non-hydrogen) atoms. The Morgan fingerprint density at radius 2 is 2.07 bits per heavy atom. The van der Waals surface area contributed by atoms with Gasteiger partial charge in [-0.15, -0.1) is 0 Å². The molecule has 0 atom stereocenters. The second-order valence-corrected chi connectivity index (χ2v) is 4.84. The van der Waals surface area contributed by atoms with E-state index < -0.39 is 0 Å². The topological polar surface area (TPSA) is 0 Å². The number of benzene rings is 1. The van der Waals surface area contributed by atoms with Crippen molar-refractivity contribution in [3.05, 3.63) is 35.9 Å². The highest BCUT2D eigenvalue weighted by atomic mass is 14.3. The summed E-state index contributed by atoms with van der Waals surface area (Å²) in [5.74, 6) is 1.83. The van der Waals surface area contributed by atoms with Crippen LogP contribution in [0.25, 0.3) is 0 Å². The lowest BCUT2D eigenvalue weighted by molar-refractivity contribution is 0.308. The molecule has 0 N–H and O–H groups in total. The molecule has 1 fully saturated rings. The van der Waals surface area contributed by atoms with Crippen molar-refractivity contribution in [2.24, 2.45) is 5.92 Å². The highest BCUT2D eigenvalue weighted by Gasteiger charge is 2.21. The van der Waals surface area contributed by atoms with Crippen LogP contribution in [0.5, 0.6) is 0 Å². The third kappa shape index (κ3) is 2.84. The first-order valence-corrected chi connectivity index (χ1v) is 6.36. The van der Waals surface area contributed by atoms with Crippen LogP contribution in [0.1, 0.15) is 56.9 Å². The molecule has 0 amide bonds. The van der Waals surface area contributed by atoms with E-state index in [4.69, 9.17) is 0 Å². The van der Waals surface area contributed by atoms with Gasteiger partial charge in [0.2, 0.25) is 0 Å². The quantitative estimate of drug-likeness (QED) is 0.672. The molecule has 0 aliphatic heterocycles. The maximum Gasteiger partial charge on any atom is -0.0162 e. The van der Waals surface area contributed by atoms with Gasteiger partial charge in [-0.25, -0.2) is 0 Å². The molecular formula is C15H21. The number of hydrogen-bond acceptors (Lipinski definition) is 0. The standard InChI is InChI=1S/C15H21/c1-2-6-13-9-11-15(12-10-13)14-7-4-3-5-8-14/h3-4,7-8,13,15H,2,6,9-12H2,1H3. The Hall–Kier alpha value is -0.780. The van der Waals surface area contributed by atoms with Crippen LogP contribution in [0.2, 0.25) is 0 Å². The second-order valence-electron chi connectivity index (χ2n) is 4.84. The van der Waals surface area contributed by atoms with Gasteiger partial charge in [-0.3, -0.25) is 0 Å². The molecule has 1 saturated carbocycles. The van der Waals surface area contributed by atoms with Crippen molar-refractivity contribution in [1.82, 2.24) is 0 Å². The highest BCUT2D eigenvalue weighted by Crippen LogP contribution is 2.37. The molecule has 2 rings (SSSR count). The molecule has 1 aromatic rings. The van der Waals surface area contributed by atoms with Crippen LogP contribution in [-0.4, -0.2) is 0 Å². The van der Waals surface area contributed by atoms with Crippen LogP contribution in [0.15, 0.2) is 24.3 Å². The molecule has 0 saturated heterocycles. The van der Waals surface area contributed by atoms with Gasteiger partial charge in [0.15, 0.2) is 0 Å². The lowest BCUT2D eigenvalue weighted by atomic mass is 9.77. The van der Waals surface area contributed by atoms with Gasteiger partial charge in [-0.2, -0.15) is 0 Å². The Labute approximate surface area is 93.7 Å². The van der Waals surface area contributed by atoms with Crippen LogP contribution in [0.4, 0.5) is 0 Å². The van der Waals surface area contributed by atoms with Gasteiger partial charge in [0.1, 0.15) is 0 Å². The maximum absolute atomic E-state index is 3.19. The first-order valence-electron chi connectivity index (χ1n) is 6.36. The molecule has 0 spiro atoms. The zero-order valence-corrected chi connectivity index (χ0v) is 9.71. The van der Waals surface area contributed by atoms with Crippen molar-refractivity contribution in [3.63, 3.8) is 0 Å². The molecule has 1 aliphatic carbocycles. The summed E-state index contributed by atoms with van der Waals surface area (Å²) < 4.78 is 0. The van der Waals surface area contributed by atoms with E-state index in [2.05, 4.69) is 31.2 Å². The highest BCUT2D eigenvalue weighted by molar-refractivity contribution is 5.19. The van der Waals surface area contributed by atoms with E-state index >= 15 is 0 Å². The van der Waals surface area contributed by atoms with Crippen LogP contribution >= 0.6 is 0 Å². The predicted molar refractivity (Wildman–Crippen MR) is 64.9 cm³/mol. The van der Waals surface area contributed by atoms with Gasteiger partial charge in [-0.05, 0) is 49.1 Å². The molecule has 0 aromatic heterocycles. The second kappa shape index (κ2) is 5.34. The molecule has 0 nitrogen and oxygen atoms in total. The van der Waals surface area contributed by atoms with Crippen molar-refractivity contribution >= 4 is 0 Å². The maximum atomic E-state index is 3.19. The third-order valence-electron chi connectivity index (χ3n) is 3.75. The Kier molecular flexibility index (Phi) is 3.82. The Bertz CT molecular complexity index is 267. The molecule has 1 aliphatic rings. The lowest BCUT2D eigenvalue weighted by Crippen LogP contribution is -2.13. The molecule has 1 radical (unpaired) electrons. The van der Waals surface area contributed by atoms with E-state index in [-0.39, 0.29) is 0 Å². The SMILES string of the molecule is CCCC1CCC(c2c[c]ccc2)CC1. The largest absolute Gasteiger partial charge is 0.0654 e. The van der Waals surface area contributed by atoms with Crippen LogP contribution in [-0.2, 0) is 0 Å². The molecular weight excluding hydrogens is 180 g/mol. The van der Waals surface area contributed by atoms with E-state index in [1.165, 1.54) is 44.1 Å². The summed E-state index contributed by atoms with van der Waals surface area (Å²) in [6, 6.07) is 11.7. The van der Waals surface area contributed by atoms with Gasteiger partial charge < -0.3 is 0 Å². The van der Waals surface area contributed by atoms with E-state index in [0.29, 0.717) is 0 Å². The van der Waals surface area contributed by atoms with Gasteiger partial charge in [0, 0.05) is 0 Å². The van der Waals surface area contributed by atoms with Crippen LogP contribution < -0.4 is 0 Å². The molecule has 0 bridgehead atoms. The first-order chi connectivity index (χ1) is 7.40. The average molecular weight is 201 g/mol. The third-order valence-corrected chi connectivity index (χ3v) is 3.75. The number of hydrogen-bond donors (Lipinski definition) is 0. The fourth-order valence-electron chi connectivity index (χ4n) is 2.85. The van der Waals surface area contributed by atoms with E-state index in [1.54, 1.807) is 0 Å². The van der Waals surface area contributed by atoms with E-state index in [0.717, 1.165) is 11.8 Å². The van der Waals surface area contributed by atoms with Crippen molar-refractivity contribution in [1.29, 1.82) is 0 Å². The minimum absolute atomic E-state index is 0.815. The summed E-state index contributed by atoms with van der Waals surface area (Å²) in [5.41, 5.74) is 1.51. The first kappa shape index (κ1) is 10.7. The predicted octanol–water partition coefficient (Wildman–Crippen LogP) is 4.56. The fraction of sp³-hybridized carbons (Fsp3) is 0.600. The molecule has 81 valence electrons. The van der Waals surface area contributed by atoms with Crippen molar-refractivity contribution in [2.75, 3.05) is 0 Å². The van der Waals surface area contributed by atoms with Gasteiger partial charge in [-0.1, -0.05) is 44.0 Å². The normalized spacial score (nSPS) is 26.5. The zero-order chi connectivity index (χ0) is 10.5. The van der Waals surface area contributed by atoms with Gasteiger partial charge in [0.05, 0.1) is 0 Å². The summed E-state index contributed by atoms with van der Waals surface area (Å²) in [6.07, 6.45) is 8.45. The fourth-order valence-corrected chi connectivity index (χ4v) is 2.85. The minimum atomic E-state index is 0.815. The Morgan fingerprint density at radius 1 is 1.27 bits per heavy atom. The number of rotatable bonds is 3.